The zero-order valence-electron chi connectivity index (χ0n) is 16.3. The fourth-order valence-corrected chi connectivity index (χ4v) is 4.84. The van der Waals surface area contributed by atoms with Gasteiger partial charge in [0.05, 0.1) is 18.1 Å². The van der Waals surface area contributed by atoms with Crippen molar-refractivity contribution in [1.29, 1.82) is 0 Å². The highest BCUT2D eigenvalue weighted by Crippen LogP contribution is 2.41. The first-order valence-electron chi connectivity index (χ1n) is 10.3. The Kier molecular flexibility index (Phi) is 4.74. The SMILES string of the molecule is Nc1ccc2c(c1)CCC1=C(N=CCC1)C2N1CCN(Cc2cnc[nH]2)CC1. The van der Waals surface area contributed by atoms with Crippen molar-refractivity contribution in [1.82, 2.24) is 19.8 Å². The Bertz CT molecular complexity index is 890. The van der Waals surface area contributed by atoms with E-state index in [1.165, 1.54) is 22.5 Å². The van der Waals surface area contributed by atoms with Gasteiger partial charge in [-0.2, -0.15) is 0 Å². The van der Waals surface area contributed by atoms with Crippen molar-refractivity contribution < 1.29 is 0 Å². The van der Waals surface area contributed by atoms with Crippen LogP contribution in [0, 0.1) is 0 Å². The number of nitrogen functional groups attached to an aromatic ring is 1. The fraction of sp³-hybridized carbons (Fsp3) is 0.455. The number of anilines is 1. The van der Waals surface area contributed by atoms with Crippen LogP contribution in [0.2, 0.25) is 0 Å². The number of hydrogen-bond donors (Lipinski definition) is 2. The van der Waals surface area contributed by atoms with E-state index in [-0.39, 0.29) is 6.04 Å². The second-order valence-corrected chi connectivity index (χ2v) is 8.09. The number of rotatable bonds is 3. The molecule has 0 spiro atoms. The molecule has 1 saturated heterocycles. The maximum Gasteiger partial charge on any atom is 0.0922 e. The van der Waals surface area contributed by atoms with Crippen LogP contribution in [0.25, 0.3) is 0 Å². The summed E-state index contributed by atoms with van der Waals surface area (Å²) in [6.07, 6.45) is 10.2. The third kappa shape index (κ3) is 3.38. The Morgan fingerprint density at radius 2 is 2.00 bits per heavy atom. The lowest BCUT2D eigenvalue weighted by Crippen LogP contribution is -2.47. The standard InChI is InChI=1S/C22H28N6/c23-18-5-6-20-17(12-18)4-3-16-2-1-7-25-21(16)22(20)28-10-8-27(9-11-28)14-19-13-24-15-26-19/h5-7,12-13,15,22H,1-4,8-11,14,23H2,(H,24,26). The minimum atomic E-state index is 0.263. The van der Waals surface area contributed by atoms with Gasteiger partial charge in [-0.05, 0) is 54.5 Å². The molecular weight excluding hydrogens is 348 g/mol. The highest BCUT2D eigenvalue weighted by molar-refractivity contribution is 5.63. The van der Waals surface area contributed by atoms with Crippen molar-refractivity contribution in [3.8, 4) is 0 Å². The number of imidazole rings is 1. The second kappa shape index (κ2) is 7.53. The largest absolute Gasteiger partial charge is 0.399 e. The van der Waals surface area contributed by atoms with E-state index in [9.17, 15) is 0 Å². The molecule has 5 rings (SSSR count). The summed E-state index contributed by atoms with van der Waals surface area (Å²) < 4.78 is 0. The number of hydrogen-bond acceptors (Lipinski definition) is 5. The molecule has 1 atom stereocenters. The topological polar surface area (TPSA) is 73.5 Å². The van der Waals surface area contributed by atoms with E-state index in [0.717, 1.165) is 64.1 Å². The predicted molar refractivity (Wildman–Crippen MR) is 112 cm³/mol. The van der Waals surface area contributed by atoms with Gasteiger partial charge in [0.25, 0.3) is 0 Å². The van der Waals surface area contributed by atoms with E-state index in [2.05, 4.69) is 44.2 Å². The van der Waals surface area contributed by atoms with Crippen LogP contribution in [-0.4, -0.2) is 52.2 Å². The number of aliphatic imine (C=N–C) groups is 1. The molecule has 1 aromatic carbocycles. The molecule has 1 fully saturated rings. The van der Waals surface area contributed by atoms with Crippen molar-refractivity contribution in [3.63, 3.8) is 0 Å². The molecule has 0 radical (unpaired) electrons. The third-order valence-corrected chi connectivity index (χ3v) is 6.31. The molecule has 146 valence electrons. The summed E-state index contributed by atoms with van der Waals surface area (Å²) in [5.74, 6) is 0. The first-order valence-corrected chi connectivity index (χ1v) is 10.3. The number of benzene rings is 1. The van der Waals surface area contributed by atoms with E-state index in [1.54, 1.807) is 11.9 Å². The first-order chi connectivity index (χ1) is 13.8. The number of aromatic nitrogens is 2. The van der Waals surface area contributed by atoms with Crippen LogP contribution in [-0.2, 0) is 13.0 Å². The number of nitrogens with one attached hydrogen (secondary N) is 1. The lowest BCUT2D eigenvalue weighted by Gasteiger charge is -2.40. The van der Waals surface area contributed by atoms with Gasteiger partial charge in [0.15, 0.2) is 0 Å². The number of aryl methyl sites for hydroxylation is 1. The Morgan fingerprint density at radius 3 is 2.82 bits per heavy atom. The molecule has 0 bridgehead atoms. The quantitative estimate of drug-likeness (QED) is 0.808. The zero-order chi connectivity index (χ0) is 18.9. The number of nitrogens with two attached hydrogens (primary N) is 1. The summed E-state index contributed by atoms with van der Waals surface area (Å²) in [5.41, 5.74) is 13.8. The van der Waals surface area contributed by atoms with E-state index >= 15 is 0 Å². The van der Waals surface area contributed by atoms with Crippen molar-refractivity contribution in [3.05, 3.63) is 58.8 Å². The maximum absolute atomic E-state index is 6.11. The lowest BCUT2D eigenvalue weighted by atomic mass is 9.94. The first kappa shape index (κ1) is 17.6. The predicted octanol–water partition coefficient (Wildman–Crippen LogP) is 2.92. The van der Waals surface area contributed by atoms with Crippen molar-refractivity contribution in [2.24, 2.45) is 4.99 Å². The number of piperazine rings is 1. The van der Waals surface area contributed by atoms with E-state index in [4.69, 9.17) is 10.7 Å². The van der Waals surface area contributed by atoms with Gasteiger partial charge in [-0.15, -0.1) is 0 Å². The van der Waals surface area contributed by atoms with Crippen LogP contribution in [0.1, 0.15) is 42.1 Å². The molecule has 3 heterocycles. The highest BCUT2D eigenvalue weighted by Gasteiger charge is 2.33. The van der Waals surface area contributed by atoms with E-state index < -0.39 is 0 Å². The van der Waals surface area contributed by atoms with Crippen LogP contribution in [0.5, 0.6) is 0 Å². The van der Waals surface area contributed by atoms with E-state index in [0.29, 0.717) is 0 Å². The summed E-state index contributed by atoms with van der Waals surface area (Å²) in [5, 5.41) is 0. The average molecular weight is 377 g/mol. The average Bonchev–Trinajstić information content (AvgIpc) is 3.17. The van der Waals surface area contributed by atoms with Gasteiger partial charge in [0.1, 0.15) is 0 Å². The van der Waals surface area contributed by atoms with Gasteiger partial charge in [-0.3, -0.25) is 14.8 Å². The normalized spacial score (nSPS) is 23.4. The van der Waals surface area contributed by atoms with Crippen LogP contribution < -0.4 is 5.73 Å². The number of nitrogens with zero attached hydrogens (tertiary/aromatic N) is 4. The monoisotopic (exact) mass is 376 g/mol. The molecule has 1 aromatic heterocycles. The number of allylic oxidation sites excluding steroid dienone is 1. The number of H-pyrrole nitrogens is 1. The summed E-state index contributed by atoms with van der Waals surface area (Å²) in [4.78, 5) is 17.4. The fourth-order valence-electron chi connectivity index (χ4n) is 4.84. The summed E-state index contributed by atoms with van der Waals surface area (Å²) in [7, 11) is 0. The van der Waals surface area contributed by atoms with Crippen LogP contribution >= 0.6 is 0 Å². The van der Waals surface area contributed by atoms with Crippen molar-refractivity contribution in [2.45, 2.75) is 38.3 Å². The molecule has 28 heavy (non-hydrogen) atoms. The summed E-state index contributed by atoms with van der Waals surface area (Å²) >= 11 is 0. The molecule has 3 aliphatic rings. The summed E-state index contributed by atoms with van der Waals surface area (Å²) in [6.45, 7) is 5.17. The third-order valence-electron chi connectivity index (χ3n) is 6.31. The molecule has 6 heteroatoms. The van der Waals surface area contributed by atoms with Gasteiger partial charge >= 0.3 is 0 Å². The molecule has 3 N–H and O–H groups in total. The zero-order valence-corrected chi connectivity index (χ0v) is 16.3. The molecule has 2 aromatic rings. The Labute approximate surface area is 166 Å². The van der Waals surface area contributed by atoms with Gasteiger partial charge in [-0.1, -0.05) is 6.07 Å². The maximum atomic E-state index is 6.11. The molecular formula is C22H28N6. The Balaban J connectivity index is 1.41. The number of aromatic amines is 1. The molecule has 6 nitrogen and oxygen atoms in total. The number of fused-ring (bicyclic) bond motifs is 1. The minimum absolute atomic E-state index is 0.263. The van der Waals surface area contributed by atoms with Crippen LogP contribution in [0.3, 0.4) is 0 Å². The molecule has 0 saturated carbocycles. The van der Waals surface area contributed by atoms with Crippen LogP contribution in [0.15, 0.2) is 47.0 Å². The van der Waals surface area contributed by atoms with Crippen LogP contribution in [0.4, 0.5) is 5.69 Å². The van der Waals surface area contributed by atoms with Crippen molar-refractivity contribution >= 4 is 11.9 Å². The van der Waals surface area contributed by atoms with Gasteiger partial charge < -0.3 is 10.7 Å². The van der Waals surface area contributed by atoms with Gasteiger partial charge in [0.2, 0.25) is 0 Å². The lowest BCUT2D eigenvalue weighted by molar-refractivity contribution is 0.102. The minimum Gasteiger partial charge on any atom is -0.399 e. The van der Waals surface area contributed by atoms with Gasteiger partial charge in [0, 0.05) is 56.5 Å². The Hall–Kier alpha value is -2.44. The van der Waals surface area contributed by atoms with E-state index in [1.807, 2.05) is 6.20 Å². The smallest absolute Gasteiger partial charge is 0.0922 e. The molecule has 2 aliphatic heterocycles. The molecule has 0 amide bonds. The highest BCUT2D eigenvalue weighted by atomic mass is 15.3. The summed E-state index contributed by atoms with van der Waals surface area (Å²) in [6, 6.07) is 6.74. The Morgan fingerprint density at radius 1 is 1.11 bits per heavy atom. The molecule has 1 aliphatic carbocycles. The second-order valence-electron chi connectivity index (χ2n) is 8.09. The van der Waals surface area contributed by atoms with Crippen molar-refractivity contribution in [2.75, 3.05) is 31.9 Å². The molecule has 1 unspecified atom stereocenters. The van der Waals surface area contributed by atoms with Gasteiger partial charge in [-0.25, -0.2) is 4.98 Å².